The van der Waals surface area contributed by atoms with Crippen LogP contribution < -0.4 is 10.1 Å². The lowest BCUT2D eigenvalue weighted by molar-refractivity contribution is -0.0907. The fraction of sp³-hybridized carbons (Fsp3) is 0.432. The summed E-state index contributed by atoms with van der Waals surface area (Å²) in [6, 6.07) is 34.8. The molecule has 2 aliphatic rings. The molecule has 6 rings (SSSR count). The van der Waals surface area contributed by atoms with Gasteiger partial charge in [0.15, 0.2) is 6.29 Å². The van der Waals surface area contributed by atoms with Crippen molar-refractivity contribution in [3.05, 3.63) is 131 Å². The summed E-state index contributed by atoms with van der Waals surface area (Å²) in [5.41, 5.74) is 3.66. The van der Waals surface area contributed by atoms with Gasteiger partial charge in [-0.05, 0) is 78.6 Å². The van der Waals surface area contributed by atoms with Crippen LogP contribution in [0.2, 0.25) is 0 Å². The fourth-order valence-corrected chi connectivity index (χ4v) is 9.17. The summed E-state index contributed by atoms with van der Waals surface area (Å²) in [5, 5.41) is 13.7. The zero-order chi connectivity index (χ0) is 39.7. The monoisotopic (exact) mass is 785 g/mol. The predicted molar refractivity (Wildman–Crippen MR) is 214 cm³/mol. The lowest BCUT2D eigenvalue weighted by Crippen LogP contribution is -2.56. The highest BCUT2D eigenvalue weighted by molar-refractivity contribution is 7.89. The van der Waals surface area contributed by atoms with Crippen LogP contribution in [0.4, 0.5) is 4.79 Å². The lowest BCUT2D eigenvalue weighted by Gasteiger charge is -2.34. The Kier molecular flexibility index (Phi) is 13.8. The number of fused-ring (bicyclic) bond motifs is 1. The summed E-state index contributed by atoms with van der Waals surface area (Å²) in [4.78, 5) is 15.8. The van der Waals surface area contributed by atoms with Crippen LogP contribution in [0.3, 0.4) is 0 Å². The van der Waals surface area contributed by atoms with Crippen LogP contribution in [0.15, 0.2) is 114 Å². The molecule has 0 aromatic heterocycles. The number of hydrogen-bond donors (Lipinski definition) is 2. The quantitative estimate of drug-likeness (QED) is 0.106. The van der Waals surface area contributed by atoms with Gasteiger partial charge in [0, 0.05) is 19.6 Å². The van der Waals surface area contributed by atoms with Crippen molar-refractivity contribution in [2.24, 2.45) is 11.3 Å². The molecule has 5 atom stereocenters. The number of amides is 1. The van der Waals surface area contributed by atoms with Crippen molar-refractivity contribution < 1.29 is 37.3 Å². The van der Waals surface area contributed by atoms with E-state index in [1.807, 2.05) is 30.3 Å². The van der Waals surface area contributed by atoms with Gasteiger partial charge in [0.1, 0.15) is 18.0 Å². The van der Waals surface area contributed by atoms with E-state index in [0.717, 1.165) is 35.9 Å². The molecule has 0 aliphatic carbocycles. The molecule has 12 heteroatoms. The van der Waals surface area contributed by atoms with Crippen LogP contribution >= 0.6 is 0 Å². The van der Waals surface area contributed by atoms with Crippen LogP contribution in [-0.2, 0) is 50.3 Å². The van der Waals surface area contributed by atoms with Gasteiger partial charge < -0.3 is 29.4 Å². The molecule has 2 saturated heterocycles. The largest absolute Gasteiger partial charge is 0.496 e. The van der Waals surface area contributed by atoms with E-state index in [9.17, 15) is 18.3 Å². The number of nitrogens with zero attached hydrogens (tertiary/aromatic N) is 2. The summed E-state index contributed by atoms with van der Waals surface area (Å²) < 4.78 is 53.4. The number of carbonyl (C=O) groups excluding carboxylic acids is 1. The molecule has 2 aliphatic heterocycles. The number of aliphatic hydroxyl groups excluding tert-OH is 1. The van der Waals surface area contributed by atoms with Crippen molar-refractivity contribution in [1.29, 1.82) is 0 Å². The third-order valence-corrected chi connectivity index (χ3v) is 12.4. The third kappa shape index (κ3) is 10.8. The molecule has 1 amide bonds. The maximum atomic E-state index is 14.8. The molecular weight excluding hydrogens is 731 g/mol. The van der Waals surface area contributed by atoms with Gasteiger partial charge in [-0.1, -0.05) is 105 Å². The number of nitrogens with one attached hydrogen (secondary N) is 1. The minimum atomic E-state index is -4.33. The molecule has 2 heterocycles. The fourth-order valence-electron chi connectivity index (χ4n) is 7.52. The number of ether oxygens (including phenoxy) is 4. The van der Waals surface area contributed by atoms with Crippen molar-refractivity contribution in [3.63, 3.8) is 0 Å². The second kappa shape index (κ2) is 18.8. The summed E-state index contributed by atoms with van der Waals surface area (Å²) in [6.07, 6.45) is -2.41. The van der Waals surface area contributed by atoms with E-state index in [-0.39, 0.29) is 29.4 Å². The van der Waals surface area contributed by atoms with Crippen molar-refractivity contribution in [1.82, 2.24) is 14.5 Å². The molecule has 4 aromatic rings. The van der Waals surface area contributed by atoms with E-state index in [0.29, 0.717) is 30.8 Å². The minimum absolute atomic E-state index is 0.0192. The Morgan fingerprint density at radius 1 is 0.893 bits per heavy atom. The Hall–Kier alpha value is -4.30. The lowest BCUT2D eigenvalue weighted by atomic mass is 9.82. The molecule has 0 radical (unpaired) electrons. The van der Waals surface area contributed by atoms with Gasteiger partial charge in [0.25, 0.3) is 0 Å². The zero-order valence-electron chi connectivity index (χ0n) is 32.8. The number of carbonyl (C=O) groups is 1. The summed E-state index contributed by atoms with van der Waals surface area (Å²) in [5.74, 6) is 0.478. The number of alkyl carbamates (subject to hydrolysis) is 1. The highest BCUT2D eigenvalue weighted by Crippen LogP contribution is 2.35. The highest BCUT2D eigenvalue weighted by Gasteiger charge is 2.44. The van der Waals surface area contributed by atoms with Gasteiger partial charge in [0.05, 0.1) is 37.2 Å². The average Bonchev–Trinajstić information content (AvgIpc) is 3.81. The SMILES string of the molecule is COc1ccc(S(=O)(=O)N(Cc2ccccc2)[C@H](NC(=O)O[C@H]2CO[C@H]3OCC[C@H]32)[C@@H](C)O)cc1CC(C)(C)CCN(Cc1ccccc1)Cc1ccccc1. The van der Waals surface area contributed by atoms with Gasteiger partial charge in [-0.25, -0.2) is 13.2 Å². The molecule has 0 saturated carbocycles. The van der Waals surface area contributed by atoms with E-state index in [1.54, 1.807) is 31.4 Å². The smallest absolute Gasteiger partial charge is 0.408 e. The molecule has 4 aromatic carbocycles. The van der Waals surface area contributed by atoms with Gasteiger partial charge in [-0.2, -0.15) is 4.31 Å². The molecule has 0 bridgehead atoms. The first-order chi connectivity index (χ1) is 26.9. The van der Waals surface area contributed by atoms with Crippen molar-refractivity contribution >= 4 is 16.1 Å². The van der Waals surface area contributed by atoms with Gasteiger partial charge in [-0.15, -0.1) is 0 Å². The van der Waals surface area contributed by atoms with E-state index < -0.39 is 40.8 Å². The molecule has 300 valence electrons. The minimum Gasteiger partial charge on any atom is -0.496 e. The molecule has 56 heavy (non-hydrogen) atoms. The number of aliphatic hydroxyl groups is 1. The van der Waals surface area contributed by atoms with Crippen LogP contribution in [0.25, 0.3) is 0 Å². The predicted octanol–water partition coefficient (Wildman–Crippen LogP) is 6.74. The van der Waals surface area contributed by atoms with E-state index >= 15 is 0 Å². The van der Waals surface area contributed by atoms with E-state index in [2.05, 4.69) is 72.6 Å². The van der Waals surface area contributed by atoms with Crippen molar-refractivity contribution in [2.45, 2.75) is 89.2 Å². The Bertz CT molecular complexity index is 1920. The van der Waals surface area contributed by atoms with Crippen molar-refractivity contribution in [3.8, 4) is 5.75 Å². The number of benzene rings is 4. The van der Waals surface area contributed by atoms with Gasteiger partial charge >= 0.3 is 6.09 Å². The Balaban J connectivity index is 1.23. The third-order valence-electron chi connectivity index (χ3n) is 10.6. The van der Waals surface area contributed by atoms with Crippen LogP contribution in [0, 0.1) is 11.3 Å². The van der Waals surface area contributed by atoms with Crippen LogP contribution in [0.5, 0.6) is 5.75 Å². The number of sulfonamides is 1. The molecule has 2 fully saturated rings. The number of hydrogen-bond acceptors (Lipinski definition) is 9. The van der Waals surface area contributed by atoms with Crippen LogP contribution in [-0.4, -0.2) is 80.4 Å². The summed E-state index contributed by atoms with van der Waals surface area (Å²) in [6.45, 7) is 8.82. The maximum Gasteiger partial charge on any atom is 0.408 e. The maximum absolute atomic E-state index is 14.8. The Labute approximate surface area is 331 Å². The standard InChI is InChI=1S/C44H55N3O8S/c1-32(48)41(45-43(49)55-40-31-54-42-38(40)22-25-53-42)47(30-35-18-12-7-13-19-35)56(50,51)37-20-21-39(52-4)36(26-37)27-44(2,3)23-24-46(28-33-14-8-5-9-15-33)29-34-16-10-6-11-17-34/h5-21,26,32,38,40-42,48H,22-25,27-31H2,1-4H3,(H,45,49)/t32-,38+,40+,41+,42-/m1/s1. The normalized spacial score (nSPS) is 19.4. The highest BCUT2D eigenvalue weighted by atomic mass is 32.2. The zero-order valence-corrected chi connectivity index (χ0v) is 33.6. The topological polar surface area (TPSA) is 127 Å². The first kappa shape index (κ1) is 41.3. The number of rotatable bonds is 18. The summed E-state index contributed by atoms with van der Waals surface area (Å²) in [7, 11) is -2.75. The Morgan fingerprint density at radius 3 is 2.05 bits per heavy atom. The van der Waals surface area contributed by atoms with Gasteiger partial charge in [0.2, 0.25) is 10.0 Å². The molecular formula is C44H55N3O8S. The second-order valence-electron chi connectivity index (χ2n) is 15.6. The molecule has 0 unspecified atom stereocenters. The second-order valence-corrected chi connectivity index (χ2v) is 17.5. The number of methoxy groups -OCH3 is 1. The molecule has 11 nitrogen and oxygen atoms in total. The first-order valence-electron chi connectivity index (χ1n) is 19.3. The summed E-state index contributed by atoms with van der Waals surface area (Å²) >= 11 is 0. The van der Waals surface area contributed by atoms with E-state index in [1.165, 1.54) is 24.1 Å². The first-order valence-corrected chi connectivity index (χ1v) is 20.8. The average molecular weight is 786 g/mol. The van der Waals surface area contributed by atoms with Gasteiger partial charge in [-0.3, -0.25) is 4.90 Å². The van der Waals surface area contributed by atoms with Crippen molar-refractivity contribution in [2.75, 3.05) is 26.9 Å². The Morgan fingerprint density at radius 2 is 1.48 bits per heavy atom. The van der Waals surface area contributed by atoms with E-state index in [4.69, 9.17) is 18.9 Å². The molecule has 2 N–H and O–H groups in total. The van der Waals surface area contributed by atoms with Crippen LogP contribution in [0.1, 0.15) is 55.9 Å². The molecule has 0 spiro atoms.